The number of hydrogen-bond donors (Lipinski definition) is 0. The van der Waals surface area contributed by atoms with Crippen LogP contribution in [0.5, 0.6) is 0 Å². The molecule has 0 aromatic heterocycles. The largest absolute Gasteiger partial charge is 0.337 e. The Kier molecular flexibility index (Phi) is 3.65. The maximum atomic E-state index is 12.2. The standard InChI is InChI=1S/C14H18N2O2/c1-11(2)16-9-8-15(10-13(16)17)14(18)12-6-4-3-5-7-12/h3-7,11H,8-10H2,1-2H3. The van der Waals surface area contributed by atoms with Crippen LogP contribution in [0.3, 0.4) is 0 Å². The number of rotatable bonds is 2. The van der Waals surface area contributed by atoms with Crippen LogP contribution in [-0.4, -0.2) is 47.3 Å². The number of hydrogen-bond acceptors (Lipinski definition) is 2. The summed E-state index contributed by atoms with van der Waals surface area (Å²) in [6, 6.07) is 9.30. The molecular weight excluding hydrogens is 228 g/mol. The van der Waals surface area contributed by atoms with Gasteiger partial charge in [0.2, 0.25) is 5.91 Å². The Morgan fingerprint density at radius 3 is 2.39 bits per heavy atom. The zero-order valence-electron chi connectivity index (χ0n) is 10.8. The lowest BCUT2D eigenvalue weighted by Crippen LogP contribution is -2.54. The molecule has 1 heterocycles. The monoisotopic (exact) mass is 246 g/mol. The number of nitrogens with zero attached hydrogens (tertiary/aromatic N) is 2. The molecule has 0 N–H and O–H groups in total. The third-order valence-electron chi connectivity index (χ3n) is 3.19. The zero-order valence-corrected chi connectivity index (χ0v) is 10.8. The molecule has 4 heteroatoms. The second-order valence-electron chi connectivity index (χ2n) is 4.77. The topological polar surface area (TPSA) is 40.6 Å². The molecule has 1 saturated heterocycles. The normalized spacial score (nSPS) is 16.3. The minimum Gasteiger partial charge on any atom is -0.337 e. The van der Waals surface area contributed by atoms with Gasteiger partial charge in [-0.25, -0.2) is 0 Å². The van der Waals surface area contributed by atoms with E-state index in [2.05, 4.69) is 0 Å². The van der Waals surface area contributed by atoms with Gasteiger partial charge < -0.3 is 9.80 Å². The zero-order chi connectivity index (χ0) is 13.1. The number of benzene rings is 1. The highest BCUT2D eigenvalue weighted by molar-refractivity contribution is 5.97. The van der Waals surface area contributed by atoms with E-state index >= 15 is 0 Å². The summed E-state index contributed by atoms with van der Waals surface area (Å²) in [5.41, 5.74) is 0.642. The molecule has 2 rings (SSSR count). The lowest BCUT2D eigenvalue weighted by molar-refractivity contribution is -0.136. The molecule has 4 nitrogen and oxygen atoms in total. The lowest BCUT2D eigenvalue weighted by atomic mass is 10.1. The van der Waals surface area contributed by atoms with Crippen molar-refractivity contribution in [1.29, 1.82) is 0 Å². The first-order chi connectivity index (χ1) is 8.59. The fraction of sp³-hybridized carbons (Fsp3) is 0.429. The van der Waals surface area contributed by atoms with Crippen LogP contribution in [0.4, 0.5) is 0 Å². The maximum Gasteiger partial charge on any atom is 0.254 e. The van der Waals surface area contributed by atoms with Crippen molar-refractivity contribution < 1.29 is 9.59 Å². The molecule has 1 aromatic rings. The number of piperazine rings is 1. The molecule has 96 valence electrons. The number of amides is 2. The molecule has 1 aliphatic rings. The van der Waals surface area contributed by atoms with Crippen LogP contribution in [0.25, 0.3) is 0 Å². The highest BCUT2D eigenvalue weighted by atomic mass is 16.2. The van der Waals surface area contributed by atoms with Gasteiger partial charge in [-0.2, -0.15) is 0 Å². The van der Waals surface area contributed by atoms with E-state index in [1.54, 1.807) is 17.0 Å². The third kappa shape index (κ3) is 2.53. The highest BCUT2D eigenvalue weighted by Gasteiger charge is 2.28. The van der Waals surface area contributed by atoms with Crippen molar-refractivity contribution in [3.05, 3.63) is 35.9 Å². The maximum absolute atomic E-state index is 12.2. The Morgan fingerprint density at radius 1 is 1.17 bits per heavy atom. The summed E-state index contributed by atoms with van der Waals surface area (Å²) >= 11 is 0. The minimum absolute atomic E-state index is 0.0283. The van der Waals surface area contributed by atoms with Crippen LogP contribution in [0.15, 0.2) is 30.3 Å². The number of carbonyl (C=O) groups excluding carboxylic acids is 2. The van der Waals surface area contributed by atoms with Crippen molar-refractivity contribution in [3.63, 3.8) is 0 Å². The molecule has 0 saturated carbocycles. The molecule has 2 amide bonds. The first-order valence-corrected chi connectivity index (χ1v) is 6.23. The highest BCUT2D eigenvalue weighted by Crippen LogP contribution is 2.11. The van der Waals surface area contributed by atoms with Gasteiger partial charge in [-0.15, -0.1) is 0 Å². The summed E-state index contributed by atoms with van der Waals surface area (Å²) in [5.74, 6) is -0.0344. The van der Waals surface area contributed by atoms with Crippen LogP contribution in [0.1, 0.15) is 24.2 Å². The Bertz CT molecular complexity index is 442. The van der Waals surface area contributed by atoms with Crippen LogP contribution in [0, 0.1) is 0 Å². The van der Waals surface area contributed by atoms with Crippen molar-refractivity contribution in [2.24, 2.45) is 0 Å². The van der Waals surface area contributed by atoms with E-state index in [1.807, 2.05) is 36.9 Å². The van der Waals surface area contributed by atoms with E-state index in [4.69, 9.17) is 0 Å². The van der Waals surface area contributed by atoms with E-state index in [9.17, 15) is 9.59 Å². The van der Waals surface area contributed by atoms with Crippen LogP contribution in [0.2, 0.25) is 0 Å². The van der Waals surface area contributed by atoms with Gasteiger partial charge in [0, 0.05) is 24.7 Å². The van der Waals surface area contributed by atoms with E-state index in [0.717, 1.165) is 0 Å². The summed E-state index contributed by atoms with van der Waals surface area (Å²) in [7, 11) is 0. The van der Waals surface area contributed by atoms with Crippen molar-refractivity contribution in [3.8, 4) is 0 Å². The fourth-order valence-electron chi connectivity index (χ4n) is 2.17. The molecule has 18 heavy (non-hydrogen) atoms. The molecular formula is C14H18N2O2. The molecule has 1 aromatic carbocycles. The van der Waals surface area contributed by atoms with Crippen molar-refractivity contribution in [2.75, 3.05) is 19.6 Å². The molecule has 1 aliphatic heterocycles. The average Bonchev–Trinajstić information content (AvgIpc) is 2.38. The van der Waals surface area contributed by atoms with Crippen LogP contribution in [-0.2, 0) is 4.79 Å². The first-order valence-electron chi connectivity index (χ1n) is 6.23. The lowest BCUT2D eigenvalue weighted by Gasteiger charge is -2.36. The van der Waals surface area contributed by atoms with E-state index in [0.29, 0.717) is 18.7 Å². The van der Waals surface area contributed by atoms with Crippen LogP contribution < -0.4 is 0 Å². The van der Waals surface area contributed by atoms with Crippen LogP contribution >= 0.6 is 0 Å². The van der Waals surface area contributed by atoms with E-state index in [1.165, 1.54) is 0 Å². The van der Waals surface area contributed by atoms with Crippen molar-refractivity contribution in [2.45, 2.75) is 19.9 Å². The number of carbonyl (C=O) groups is 2. The predicted molar refractivity (Wildman–Crippen MR) is 69.2 cm³/mol. The van der Waals surface area contributed by atoms with Crippen molar-refractivity contribution >= 4 is 11.8 Å². The SMILES string of the molecule is CC(C)N1CCN(C(=O)c2ccccc2)CC1=O. The van der Waals surface area contributed by atoms with E-state index in [-0.39, 0.29) is 24.4 Å². The first kappa shape index (κ1) is 12.6. The van der Waals surface area contributed by atoms with Gasteiger partial charge in [-0.1, -0.05) is 18.2 Å². The second kappa shape index (κ2) is 5.21. The predicted octanol–water partition coefficient (Wildman–Crippen LogP) is 1.38. The van der Waals surface area contributed by atoms with Gasteiger partial charge in [0.15, 0.2) is 0 Å². The quantitative estimate of drug-likeness (QED) is 0.791. The van der Waals surface area contributed by atoms with Gasteiger partial charge in [0.05, 0.1) is 0 Å². The fourth-order valence-corrected chi connectivity index (χ4v) is 2.17. The summed E-state index contributed by atoms with van der Waals surface area (Å²) in [6.45, 7) is 5.40. The Morgan fingerprint density at radius 2 is 1.83 bits per heavy atom. The Labute approximate surface area is 107 Å². The summed E-state index contributed by atoms with van der Waals surface area (Å²) in [6.07, 6.45) is 0. The summed E-state index contributed by atoms with van der Waals surface area (Å²) in [5, 5.41) is 0. The van der Waals surface area contributed by atoms with Gasteiger partial charge >= 0.3 is 0 Å². The van der Waals surface area contributed by atoms with Gasteiger partial charge in [0.25, 0.3) is 5.91 Å². The third-order valence-corrected chi connectivity index (χ3v) is 3.19. The molecule has 0 atom stereocenters. The molecule has 0 spiro atoms. The smallest absolute Gasteiger partial charge is 0.254 e. The average molecular weight is 246 g/mol. The minimum atomic E-state index is -0.0626. The van der Waals surface area contributed by atoms with Gasteiger partial charge in [-0.3, -0.25) is 9.59 Å². The second-order valence-corrected chi connectivity index (χ2v) is 4.77. The Balaban J connectivity index is 2.05. The molecule has 0 unspecified atom stereocenters. The van der Waals surface area contributed by atoms with E-state index < -0.39 is 0 Å². The Hall–Kier alpha value is -1.84. The molecule has 0 aliphatic carbocycles. The van der Waals surface area contributed by atoms with Gasteiger partial charge in [-0.05, 0) is 26.0 Å². The molecule has 0 bridgehead atoms. The molecule has 1 fully saturated rings. The molecule has 0 radical (unpaired) electrons. The summed E-state index contributed by atoms with van der Waals surface area (Å²) < 4.78 is 0. The summed E-state index contributed by atoms with van der Waals surface area (Å²) in [4.78, 5) is 27.5. The van der Waals surface area contributed by atoms with Crippen molar-refractivity contribution in [1.82, 2.24) is 9.80 Å². The van der Waals surface area contributed by atoms with Gasteiger partial charge in [0.1, 0.15) is 6.54 Å².